The van der Waals surface area contributed by atoms with Gasteiger partial charge in [-0.3, -0.25) is 14.5 Å². The number of carbonyl (C=O) groups is 3. The molecule has 154 valence electrons. The maximum atomic E-state index is 13.2. The molecule has 1 spiro atoms. The fourth-order valence-electron chi connectivity index (χ4n) is 4.40. The molecule has 0 radical (unpaired) electrons. The van der Waals surface area contributed by atoms with Gasteiger partial charge in [-0.2, -0.15) is 0 Å². The van der Waals surface area contributed by atoms with Gasteiger partial charge in [0.15, 0.2) is 0 Å². The van der Waals surface area contributed by atoms with Crippen LogP contribution in [0.3, 0.4) is 0 Å². The van der Waals surface area contributed by atoms with E-state index in [2.05, 4.69) is 10.6 Å². The number of hydrogen-bond donors (Lipinski definition) is 2. The van der Waals surface area contributed by atoms with Gasteiger partial charge in [-0.15, -0.1) is 11.3 Å². The standard InChI is InChI=1S/C22H21N3O4S/c1-13(17-11-14-5-2-3-6-16(14)29-17)23-19(26)12-25-20(27)22(24-21(25)28)9-4-7-18-15(22)8-10-30-18/h2-3,5-6,8,10-11,13H,4,7,9,12H2,1H3,(H,23,26)(H,24,28). The van der Waals surface area contributed by atoms with Gasteiger partial charge in [-0.1, -0.05) is 18.2 Å². The maximum Gasteiger partial charge on any atom is 0.325 e. The zero-order valence-electron chi connectivity index (χ0n) is 16.4. The van der Waals surface area contributed by atoms with Crippen molar-refractivity contribution in [2.45, 2.75) is 37.8 Å². The summed E-state index contributed by atoms with van der Waals surface area (Å²) in [7, 11) is 0. The van der Waals surface area contributed by atoms with E-state index in [1.807, 2.05) is 48.7 Å². The van der Waals surface area contributed by atoms with Crippen molar-refractivity contribution in [3.05, 3.63) is 58.0 Å². The Morgan fingerprint density at radius 3 is 3.00 bits per heavy atom. The van der Waals surface area contributed by atoms with Gasteiger partial charge in [0.2, 0.25) is 5.91 Å². The summed E-state index contributed by atoms with van der Waals surface area (Å²) >= 11 is 1.60. The van der Waals surface area contributed by atoms with Crippen LogP contribution in [0.25, 0.3) is 11.0 Å². The highest BCUT2D eigenvalue weighted by Crippen LogP contribution is 2.42. The third-order valence-corrected chi connectivity index (χ3v) is 6.87. The quantitative estimate of drug-likeness (QED) is 0.629. The Hall–Kier alpha value is -3.13. The van der Waals surface area contributed by atoms with Crippen LogP contribution in [0.2, 0.25) is 0 Å². The van der Waals surface area contributed by atoms with E-state index in [1.165, 1.54) is 0 Å². The summed E-state index contributed by atoms with van der Waals surface area (Å²) < 4.78 is 5.79. The number of carbonyl (C=O) groups excluding carboxylic acids is 3. The Kier molecular flexibility index (Phi) is 4.39. The lowest BCUT2D eigenvalue weighted by Gasteiger charge is -2.31. The molecule has 1 aromatic carbocycles. The molecule has 30 heavy (non-hydrogen) atoms. The molecule has 1 aliphatic carbocycles. The molecule has 4 amide bonds. The van der Waals surface area contributed by atoms with Crippen molar-refractivity contribution in [1.82, 2.24) is 15.5 Å². The largest absolute Gasteiger partial charge is 0.459 e. The minimum atomic E-state index is -1.03. The lowest BCUT2D eigenvalue weighted by Crippen LogP contribution is -2.47. The molecule has 1 saturated heterocycles. The average Bonchev–Trinajstić information content (AvgIpc) is 3.43. The molecule has 3 aromatic rings. The van der Waals surface area contributed by atoms with E-state index in [4.69, 9.17) is 4.42 Å². The van der Waals surface area contributed by atoms with Crippen LogP contribution < -0.4 is 10.6 Å². The predicted octanol–water partition coefficient (Wildman–Crippen LogP) is 3.46. The van der Waals surface area contributed by atoms with Crippen molar-refractivity contribution >= 4 is 40.2 Å². The number of aryl methyl sites for hydroxylation is 1. The van der Waals surface area contributed by atoms with Crippen molar-refractivity contribution in [2.24, 2.45) is 0 Å². The van der Waals surface area contributed by atoms with Gasteiger partial charge >= 0.3 is 6.03 Å². The number of imide groups is 1. The summed E-state index contributed by atoms with van der Waals surface area (Å²) in [6, 6.07) is 10.5. The number of benzene rings is 1. The second-order valence-electron chi connectivity index (χ2n) is 7.81. The van der Waals surface area contributed by atoms with E-state index in [1.54, 1.807) is 11.3 Å². The number of furan rings is 1. The van der Waals surface area contributed by atoms with Gasteiger partial charge in [0, 0.05) is 15.8 Å². The number of nitrogens with zero attached hydrogens (tertiary/aromatic N) is 1. The molecule has 2 aromatic heterocycles. The first kappa shape index (κ1) is 18.9. The first-order chi connectivity index (χ1) is 14.5. The Labute approximate surface area is 177 Å². The normalized spacial score (nSPS) is 21.7. The number of para-hydroxylation sites is 1. The second-order valence-corrected chi connectivity index (χ2v) is 8.81. The number of rotatable bonds is 4. The SMILES string of the molecule is CC(NC(=O)CN1C(=O)NC2(CCCc3sccc32)C1=O)c1cc2ccccc2o1. The zero-order valence-corrected chi connectivity index (χ0v) is 17.3. The molecule has 2 atom stereocenters. The highest BCUT2D eigenvalue weighted by molar-refractivity contribution is 7.10. The average molecular weight is 423 g/mol. The van der Waals surface area contributed by atoms with E-state index in [0.29, 0.717) is 12.2 Å². The zero-order chi connectivity index (χ0) is 20.9. The van der Waals surface area contributed by atoms with Crippen LogP contribution in [-0.2, 0) is 21.5 Å². The van der Waals surface area contributed by atoms with E-state index < -0.39 is 23.5 Å². The summed E-state index contributed by atoms with van der Waals surface area (Å²) in [5, 5.41) is 8.59. The van der Waals surface area contributed by atoms with Crippen molar-refractivity contribution in [3.63, 3.8) is 0 Å². The van der Waals surface area contributed by atoms with Crippen LogP contribution in [-0.4, -0.2) is 29.3 Å². The van der Waals surface area contributed by atoms with E-state index in [9.17, 15) is 14.4 Å². The minimum absolute atomic E-state index is 0.323. The number of fused-ring (bicyclic) bond motifs is 3. The molecule has 3 heterocycles. The van der Waals surface area contributed by atoms with Crippen LogP contribution in [0, 0.1) is 0 Å². The second kappa shape index (κ2) is 6.98. The monoisotopic (exact) mass is 423 g/mol. The van der Waals surface area contributed by atoms with Crippen LogP contribution >= 0.6 is 11.3 Å². The van der Waals surface area contributed by atoms with Crippen molar-refractivity contribution in [2.75, 3.05) is 6.54 Å². The Bertz CT molecular complexity index is 1130. The molecule has 0 bridgehead atoms. The van der Waals surface area contributed by atoms with Crippen LogP contribution in [0.4, 0.5) is 4.79 Å². The van der Waals surface area contributed by atoms with Crippen LogP contribution in [0.1, 0.15) is 42.0 Å². The summed E-state index contributed by atoms with van der Waals surface area (Å²) in [6.07, 6.45) is 2.28. The number of thiophene rings is 1. The van der Waals surface area contributed by atoms with Crippen LogP contribution in [0.15, 0.2) is 46.2 Å². The molecule has 7 nitrogen and oxygen atoms in total. The third kappa shape index (κ3) is 2.90. The highest BCUT2D eigenvalue weighted by Gasteiger charge is 2.54. The topological polar surface area (TPSA) is 91.7 Å². The summed E-state index contributed by atoms with van der Waals surface area (Å²) in [6.45, 7) is 1.48. The molecular formula is C22H21N3O4S. The number of hydrogen-bond acceptors (Lipinski definition) is 5. The van der Waals surface area contributed by atoms with Gasteiger partial charge < -0.3 is 15.1 Å². The number of nitrogens with one attached hydrogen (secondary N) is 2. The molecule has 8 heteroatoms. The fourth-order valence-corrected chi connectivity index (χ4v) is 5.40. The molecule has 1 fully saturated rings. The van der Waals surface area contributed by atoms with Crippen LogP contribution in [0.5, 0.6) is 0 Å². The molecule has 2 unspecified atom stereocenters. The Balaban J connectivity index is 1.30. The van der Waals surface area contributed by atoms with Gasteiger partial charge in [-0.05, 0) is 49.8 Å². The predicted molar refractivity (Wildman–Crippen MR) is 112 cm³/mol. The highest BCUT2D eigenvalue weighted by atomic mass is 32.1. The lowest BCUT2D eigenvalue weighted by molar-refractivity contribution is -0.135. The lowest BCUT2D eigenvalue weighted by atomic mass is 9.80. The van der Waals surface area contributed by atoms with E-state index in [-0.39, 0.29) is 12.5 Å². The molecular weight excluding hydrogens is 402 g/mol. The van der Waals surface area contributed by atoms with E-state index in [0.717, 1.165) is 39.2 Å². The van der Waals surface area contributed by atoms with Crippen molar-refractivity contribution in [1.29, 1.82) is 0 Å². The summed E-state index contributed by atoms with van der Waals surface area (Å²) in [4.78, 5) is 40.6. The smallest absolute Gasteiger partial charge is 0.325 e. The van der Waals surface area contributed by atoms with Crippen molar-refractivity contribution < 1.29 is 18.8 Å². The summed E-state index contributed by atoms with van der Waals surface area (Å²) in [5.74, 6) is -0.142. The van der Waals surface area contributed by atoms with Gasteiger partial charge in [-0.25, -0.2) is 4.79 Å². The molecule has 2 aliphatic rings. The number of urea groups is 1. The maximum absolute atomic E-state index is 13.2. The first-order valence-electron chi connectivity index (χ1n) is 9.97. The first-order valence-corrected chi connectivity index (χ1v) is 10.8. The minimum Gasteiger partial charge on any atom is -0.459 e. The van der Waals surface area contributed by atoms with Gasteiger partial charge in [0.1, 0.15) is 23.4 Å². The van der Waals surface area contributed by atoms with Gasteiger partial charge in [0.25, 0.3) is 5.91 Å². The van der Waals surface area contributed by atoms with Gasteiger partial charge in [0.05, 0.1) is 6.04 Å². The van der Waals surface area contributed by atoms with Crippen molar-refractivity contribution in [3.8, 4) is 0 Å². The molecule has 2 N–H and O–H groups in total. The Morgan fingerprint density at radius 2 is 2.17 bits per heavy atom. The molecule has 1 aliphatic heterocycles. The molecule has 5 rings (SSSR count). The summed E-state index contributed by atoms with van der Waals surface area (Å²) in [5.41, 5.74) is 0.583. The third-order valence-electron chi connectivity index (χ3n) is 5.89. The fraction of sp³-hybridized carbons (Fsp3) is 0.318. The Morgan fingerprint density at radius 1 is 1.33 bits per heavy atom. The number of amides is 4. The van der Waals surface area contributed by atoms with E-state index >= 15 is 0 Å². The molecule has 0 saturated carbocycles.